The van der Waals surface area contributed by atoms with Crippen molar-refractivity contribution >= 4 is 6.03 Å². The van der Waals surface area contributed by atoms with Crippen molar-refractivity contribution in [3.63, 3.8) is 0 Å². The third-order valence-electron chi connectivity index (χ3n) is 2.47. The van der Waals surface area contributed by atoms with Gasteiger partial charge in [0.15, 0.2) is 0 Å². The Morgan fingerprint density at radius 3 is 2.47 bits per heavy atom. The molecule has 0 saturated carbocycles. The maximum atomic E-state index is 13.2. The number of amides is 2. The van der Waals surface area contributed by atoms with Crippen molar-refractivity contribution in [3.05, 3.63) is 35.1 Å². The highest BCUT2D eigenvalue weighted by Crippen LogP contribution is 2.32. The van der Waals surface area contributed by atoms with Crippen LogP contribution < -0.4 is 10.6 Å². The number of carbonyl (C=O) groups is 1. The molecule has 1 saturated heterocycles. The standard InChI is InChI=1S/C10H8F4N2O/c11-7-3-5(8-4-15-9(17)16-8)1-2-6(7)10(12,13)14/h1-3,8H,4H2,(H2,15,16,17)/t8-/m1/s1. The molecule has 1 aliphatic rings. The number of benzene rings is 1. The number of nitrogens with one attached hydrogen (secondary N) is 2. The number of hydrogen-bond donors (Lipinski definition) is 2. The molecule has 2 N–H and O–H groups in total. The Hall–Kier alpha value is -1.79. The van der Waals surface area contributed by atoms with Crippen molar-refractivity contribution in [1.29, 1.82) is 0 Å². The number of carbonyl (C=O) groups excluding carboxylic acids is 1. The highest BCUT2D eigenvalue weighted by molar-refractivity contribution is 5.76. The molecule has 7 heteroatoms. The number of hydrogen-bond acceptors (Lipinski definition) is 1. The highest BCUT2D eigenvalue weighted by Gasteiger charge is 2.34. The zero-order chi connectivity index (χ0) is 12.6. The van der Waals surface area contributed by atoms with Crippen molar-refractivity contribution in [1.82, 2.24) is 10.6 Å². The van der Waals surface area contributed by atoms with E-state index in [0.29, 0.717) is 11.6 Å². The SMILES string of the molecule is O=C1NC[C@H](c2ccc(C(F)(F)F)c(F)c2)N1. The molecule has 2 rings (SSSR count). The largest absolute Gasteiger partial charge is 0.419 e. The van der Waals surface area contributed by atoms with E-state index in [0.717, 1.165) is 12.1 Å². The minimum Gasteiger partial charge on any atom is -0.336 e. The topological polar surface area (TPSA) is 41.1 Å². The van der Waals surface area contributed by atoms with Gasteiger partial charge in [-0.2, -0.15) is 13.2 Å². The lowest BCUT2D eigenvalue weighted by molar-refractivity contribution is -0.140. The summed E-state index contributed by atoms with van der Waals surface area (Å²) >= 11 is 0. The molecule has 0 unspecified atom stereocenters. The first kappa shape index (κ1) is 11.7. The number of alkyl halides is 3. The first-order valence-electron chi connectivity index (χ1n) is 4.79. The second-order valence-corrected chi connectivity index (χ2v) is 3.64. The Balaban J connectivity index is 2.28. The normalized spacial score (nSPS) is 20.0. The smallest absolute Gasteiger partial charge is 0.336 e. The fourth-order valence-corrected chi connectivity index (χ4v) is 1.63. The van der Waals surface area contributed by atoms with Crippen LogP contribution in [0.1, 0.15) is 17.2 Å². The van der Waals surface area contributed by atoms with Gasteiger partial charge in [-0.25, -0.2) is 9.18 Å². The third kappa shape index (κ3) is 2.32. The first-order valence-corrected chi connectivity index (χ1v) is 4.79. The van der Waals surface area contributed by atoms with E-state index in [9.17, 15) is 22.4 Å². The Kier molecular flexibility index (Phi) is 2.68. The molecule has 92 valence electrons. The van der Waals surface area contributed by atoms with Gasteiger partial charge in [0.2, 0.25) is 0 Å². The van der Waals surface area contributed by atoms with Crippen LogP contribution in [0.4, 0.5) is 22.4 Å². The van der Waals surface area contributed by atoms with Gasteiger partial charge in [-0.05, 0) is 17.7 Å². The predicted molar refractivity (Wildman–Crippen MR) is 50.7 cm³/mol. The molecule has 0 aliphatic carbocycles. The third-order valence-corrected chi connectivity index (χ3v) is 2.47. The number of rotatable bonds is 1. The van der Waals surface area contributed by atoms with E-state index in [-0.39, 0.29) is 6.54 Å². The Morgan fingerprint density at radius 1 is 1.29 bits per heavy atom. The summed E-state index contributed by atoms with van der Waals surface area (Å²) in [6.45, 7) is 0.226. The summed E-state index contributed by atoms with van der Waals surface area (Å²) in [5.74, 6) is -1.34. The average Bonchev–Trinajstić information content (AvgIpc) is 2.62. The lowest BCUT2D eigenvalue weighted by Gasteiger charge is -2.12. The van der Waals surface area contributed by atoms with Crippen LogP contribution in [0.25, 0.3) is 0 Å². The maximum absolute atomic E-state index is 13.2. The van der Waals surface area contributed by atoms with Gasteiger partial charge in [-0.3, -0.25) is 0 Å². The van der Waals surface area contributed by atoms with Gasteiger partial charge in [-0.1, -0.05) is 6.07 Å². The molecule has 1 aromatic carbocycles. The summed E-state index contributed by atoms with van der Waals surface area (Å²) in [6, 6.07) is 1.70. The van der Waals surface area contributed by atoms with Crippen LogP contribution >= 0.6 is 0 Å². The van der Waals surface area contributed by atoms with E-state index in [4.69, 9.17) is 0 Å². The van der Waals surface area contributed by atoms with Crippen molar-refractivity contribution in [2.45, 2.75) is 12.2 Å². The number of urea groups is 1. The Bertz CT molecular complexity index is 458. The summed E-state index contributed by atoms with van der Waals surface area (Å²) in [5.41, 5.74) is -1.01. The molecule has 2 amide bonds. The van der Waals surface area contributed by atoms with Crippen molar-refractivity contribution < 1.29 is 22.4 Å². The van der Waals surface area contributed by atoms with Crippen LogP contribution in [-0.4, -0.2) is 12.6 Å². The lowest BCUT2D eigenvalue weighted by Crippen LogP contribution is -2.22. The monoisotopic (exact) mass is 248 g/mol. The molecule has 0 aromatic heterocycles. The van der Waals surface area contributed by atoms with Crippen molar-refractivity contribution in [2.75, 3.05) is 6.54 Å². The van der Waals surface area contributed by atoms with E-state index < -0.39 is 29.6 Å². The summed E-state index contributed by atoms with van der Waals surface area (Å²) in [4.78, 5) is 10.8. The van der Waals surface area contributed by atoms with E-state index >= 15 is 0 Å². The predicted octanol–water partition coefficient (Wildman–Crippen LogP) is 2.20. The fraction of sp³-hybridized carbons (Fsp3) is 0.300. The zero-order valence-electron chi connectivity index (χ0n) is 8.44. The van der Waals surface area contributed by atoms with Gasteiger partial charge in [0.25, 0.3) is 0 Å². The second-order valence-electron chi connectivity index (χ2n) is 3.64. The van der Waals surface area contributed by atoms with Crippen molar-refractivity contribution in [2.24, 2.45) is 0 Å². The molecule has 17 heavy (non-hydrogen) atoms. The van der Waals surface area contributed by atoms with Crippen LogP contribution in [-0.2, 0) is 6.18 Å². The van der Waals surface area contributed by atoms with Gasteiger partial charge < -0.3 is 10.6 Å². The maximum Gasteiger partial charge on any atom is 0.419 e. The van der Waals surface area contributed by atoms with Crippen LogP contribution in [0.2, 0.25) is 0 Å². The van der Waals surface area contributed by atoms with Gasteiger partial charge >= 0.3 is 12.2 Å². The van der Waals surface area contributed by atoms with Gasteiger partial charge in [0, 0.05) is 6.54 Å². The van der Waals surface area contributed by atoms with Gasteiger partial charge in [0.1, 0.15) is 5.82 Å². The molecule has 0 radical (unpaired) electrons. The minimum atomic E-state index is -4.71. The van der Waals surface area contributed by atoms with Gasteiger partial charge in [0.05, 0.1) is 11.6 Å². The molecule has 1 heterocycles. The quantitative estimate of drug-likeness (QED) is 0.735. The average molecular weight is 248 g/mol. The molecule has 1 aliphatic heterocycles. The number of halogens is 4. The highest BCUT2D eigenvalue weighted by atomic mass is 19.4. The van der Waals surface area contributed by atoms with Crippen molar-refractivity contribution in [3.8, 4) is 0 Å². The molecule has 3 nitrogen and oxygen atoms in total. The van der Waals surface area contributed by atoms with Crippen LogP contribution in [0.5, 0.6) is 0 Å². The van der Waals surface area contributed by atoms with Crippen LogP contribution in [0.3, 0.4) is 0 Å². The van der Waals surface area contributed by atoms with E-state index in [1.807, 2.05) is 0 Å². The summed E-state index contributed by atoms with van der Waals surface area (Å²) < 4.78 is 50.1. The van der Waals surface area contributed by atoms with E-state index in [2.05, 4.69) is 10.6 Å². The summed E-state index contributed by atoms with van der Waals surface area (Å²) in [6.07, 6.45) is -4.71. The zero-order valence-corrected chi connectivity index (χ0v) is 8.44. The molecule has 1 fully saturated rings. The lowest BCUT2D eigenvalue weighted by atomic mass is 10.0. The van der Waals surface area contributed by atoms with E-state index in [1.54, 1.807) is 0 Å². The Morgan fingerprint density at radius 2 is 2.00 bits per heavy atom. The summed E-state index contributed by atoms with van der Waals surface area (Å²) in [7, 11) is 0. The van der Waals surface area contributed by atoms with E-state index in [1.165, 1.54) is 0 Å². The Labute approximate surface area is 93.8 Å². The minimum absolute atomic E-state index is 0.226. The van der Waals surface area contributed by atoms with Crippen LogP contribution in [0.15, 0.2) is 18.2 Å². The second kappa shape index (κ2) is 3.90. The molecule has 0 spiro atoms. The first-order chi connectivity index (χ1) is 7.88. The van der Waals surface area contributed by atoms with Gasteiger partial charge in [-0.15, -0.1) is 0 Å². The molecular formula is C10H8F4N2O. The molecule has 0 bridgehead atoms. The molecule has 1 atom stereocenters. The fourth-order valence-electron chi connectivity index (χ4n) is 1.63. The summed E-state index contributed by atoms with van der Waals surface area (Å²) in [5, 5.41) is 4.90. The molecule has 1 aromatic rings. The molecular weight excluding hydrogens is 240 g/mol. The van der Waals surface area contributed by atoms with Crippen LogP contribution in [0, 0.1) is 5.82 Å².